The summed E-state index contributed by atoms with van der Waals surface area (Å²) >= 11 is 0. The zero-order valence-corrected chi connectivity index (χ0v) is 23.2. The van der Waals surface area contributed by atoms with Gasteiger partial charge in [-0.1, -0.05) is 50.6 Å². The summed E-state index contributed by atoms with van der Waals surface area (Å²) in [5.41, 5.74) is -0.0221. The van der Waals surface area contributed by atoms with Gasteiger partial charge in [0.25, 0.3) is 10.0 Å². The van der Waals surface area contributed by atoms with Crippen molar-refractivity contribution in [3.63, 3.8) is 0 Å². The van der Waals surface area contributed by atoms with Gasteiger partial charge in [-0.05, 0) is 50.5 Å². The smallest absolute Gasteiger partial charge is 0.438 e. The van der Waals surface area contributed by atoms with Crippen molar-refractivity contribution in [1.29, 1.82) is 0 Å². The molecule has 0 aromatic heterocycles. The number of hydrogen-bond donors (Lipinski definition) is 2. The highest BCUT2D eigenvalue weighted by molar-refractivity contribution is 7.90. The lowest BCUT2D eigenvalue weighted by atomic mass is 9.99. The number of amides is 2. The summed E-state index contributed by atoms with van der Waals surface area (Å²) in [4.78, 5) is 23.8. The maximum Gasteiger partial charge on any atom is 0.508 e. The highest BCUT2D eigenvalue weighted by Gasteiger charge is 2.39. The average molecular weight is 515 g/mol. The second-order valence-electron chi connectivity index (χ2n) is 9.92. The highest BCUT2D eigenvalue weighted by atomic mass is 32.2. The van der Waals surface area contributed by atoms with E-state index in [1.807, 2.05) is 6.92 Å². The number of aryl methyl sites for hydroxylation is 1. The number of carbonyl (C=O) groups excluding carboxylic acids is 2. The van der Waals surface area contributed by atoms with Gasteiger partial charge < -0.3 is 19.2 Å². The Morgan fingerprint density at radius 1 is 1.06 bits per heavy atom. The zero-order chi connectivity index (χ0) is 26.2. The van der Waals surface area contributed by atoms with Crippen LogP contribution in [0.2, 0.25) is 18.1 Å². The van der Waals surface area contributed by atoms with Gasteiger partial charge in [0, 0.05) is 0 Å². The molecule has 34 heavy (non-hydrogen) atoms. The van der Waals surface area contributed by atoms with Gasteiger partial charge in [0.15, 0.2) is 8.32 Å². The molecule has 0 fully saturated rings. The molecule has 2 amide bonds. The van der Waals surface area contributed by atoms with Crippen LogP contribution in [0, 0.1) is 6.92 Å². The molecule has 0 aliphatic carbocycles. The summed E-state index contributed by atoms with van der Waals surface area (Å²) in [7, 11) is -4.97. The Hall–Kier alpha value is -2.37. The lowest BCUT2D eigenvalue weighted by molar-refractivity contribution is 0.0817. The summed E-state index contributed by atoms with van der Waals surface area (Å²) in [5, 5.41) is 2.70. The fourth-order valence-corrected chi connectivity index (χ4v) is 4.51. The molecule has 192 valence electrons. The van der Waals surface area contributed by atoms with Crippen LogP contribution in [0.15, 0.2) is 41.3 Å². The molecule has 9 nitrogen and oxygen atoms in total. The Morgan fingerprint density at radius 3 is 2.18 bits per heavy atom. The van der Waals surface area contributed by atoms with Crippen LogP contribution in [0.5, 0.6) is 0 Å². The maximum atomic E-state index is 12.7. The molecule has 0 saturated carbocycles. The first-order valence-corrected chi connectivity index (χ1v) is 15.3. The molecular weight excluding hydrogens is 476 g/mol. The first-order valence-electron chi connectivity index (χ1n) is 10.9. The van der Waals surface area contributed by atoms with Crippen molar-refractivity contribution in [2.75, 3.05) is 20.3 Å². The SMILES string of the molecule is COC(=O)OC/C=C/C[C@](C)(CO[Si](C)(C)C(C)(C)C)NC(=O)NS(=O)(=O)c1ccc(C)cc1. The molecule has 0 unspecified atom stereocenters. The number of nitrogens with one attached hydrogen (secondary N) is 2. The molecule has 0 saturated heterocycles. The summed E-state index contributed by atoms with van der Waals surface area (Å²) < 4.78 is 42.8. The molecule has 1 aromatic carbocycles. The van der Waals surface area contributed by atoms with Gasteiger partial charge in [-0.2, -0.15) is 0 Å². The summed E-state index contributed by atoms with van der Waals surface area (Å²) in [5.74, 6) is 0. The van der Waals surface area contributed by atoms with Crippen LogP contribution in [-0.2, 0) is 23.9 Å². The van der Waals surface area contributed by atoms with E-state index in [2.05, 4.69) is 48.6 Å². The van der Waals surface area contributed by atoms with Gasteiger partial charge in [0.2, 0.25) is 0 Å². The zero-order valence-electron chi connectivity index (χ0n) is 21.4. The fourth-order valence-electron chi connectivity index (χ4n) is 2.49. The van der Waals surface area contributed by atoms with E-state index in [0.717, 1.165) is 5.56 Å². The van der Waals surface area contributed by atoms with Crippen molar-refractivity contribution in [2.24, 2.45) is 0 Å². The number of urea groups is 1. The molecule has 0 radical (unpaired) electrons. The van der Waals surface area contributed by atoms with Gasteiger partial charge in [0.1, 0.15) is 6.61 Å². The van der Waals surface area contributed by atoms with Crippen LogP contribution in [-0.4, -0.2) is 54.8 Å². The Bertz CT molecular complexity index is 970. The van der Waals surface area contributed by atoms with Crippen LogP contribution >= 0.6 is 0 Å². The highest BCUT2D eigenvalue weighted by Crippen LogP contribution is 2.37. The van der Waals surface area contributed by atoms with Crippen molar-refractivity contribution < 1.29 is 31.9 Å². The molecule has 2 N–H and O–H groups in total. The third-order valence-electron chi connectivity index (χ3n) is 5.73. The predicted octanol–water partition coefficient (Wildman–Crippen LogP) is 4.49. The molecule has 0 aliphatic heterocycles. The minimum absolute atomic E-state index is 0.000155. The van der Waals surface area contributed by atoms with Gasteiger partial charge in [-0.25, -0.2) is 22.7 Å². The Labute approximate surface area is 204 Å². The monoisotopic (exact) mass is 514 g/mol. The standard InChI is InChI=1S/C23H38N2O7SSi/c1-18-11-13-19(14-12-18)33(28,29)25-20(26)24-23(5,15-9-10-16-31-21(27)30-6)17-32-34(7,8)22(2,3)4/h9-14H,15-17H2,1-8H3,(H2,24,25,26)/b10-9+/t23-/m1/s1. The largest absolute Gasteiger partial charge is 0.508 e. The maximum absolute atomic E-state index is 12.7. The molecule has 0 bridgehead atoms. The van der Waals surface area contributed by atoms with Crippen LogP contribution in [0.3, 0.4) is 0 Å². The van der Waals surface area contributed by atoms with Crippen molar-refractivity contribution in [2.45, 2.75) is 69.6 Å². The van der Waals surface area contributed by atoms with Crippen LogP contribution in [0.4, 0.5) is 9.59 Å². The minimum Gasteiger partial charge on any atom is -0.438 e. The summed E-state index contributed by atoms with van der Waals surface area (Å²) in [6.07, 6.45) is 2.86. The lowest BCUT2D eigenvalue weighted by Gasteiger charge is -2.40. The molecule has 0 spiro atoms. The lowest BCUT2D eigenvalue weighted by Crippen LogP contribution is -2.56. The van der Waals surface area contributed by atoms with E-state index in [4.69, 9.17) is 9.16 Å². The van der Waals surface area contributed by atoms with Crippen molar-refractivity contribution in [3.05, 3.63) is 42.0 Å². The fraction of sp³-hybridized carbons (Fsp3) is 0.565. The third-order valence-corrected chi connectivity index (χ3v) is 11.6. The predicted molar refractivity (Wildman–Crippen MR) is 134 cm³/mol. The van der Waals surface area contributed by atoms with Crippen molar-refractivity contribution >= 4 is 30.5 Å². The summed E-state index contributed by atoms with van der Waals surface area (Å²) in [6, 6.07) is 5.33. The van der Waals surface area contributed by atoms with Crippen LogP contribution in [0.25, 0.3) is 0 Å². The Kier molecular flexibility index (Phi) is 10.3. The van der Waals surface area contributed by atoms with Gasteiger partial charge in [0.05, 0.1) is 24.2 Å². The van der Waals surface area contributed by atoms with Crippen LogP contribution < -0.4 is 10.0 Å². The number of hydrogen-bond acceptors (Lipinski definition) is 7. The topological polar surface area (TPSA) is 120 Å². The number of sulfonamides is 1. The van der Waals surface area contributed by atoms with E-state index in [1.54, 1.807) is 31.2 Å². The van der Waals surface area contributed by atoms with E-state index in [9.17, 15) is 18.0 Å². The Balaban J connectivity index is 2.97. The Morgan fingerprint density at radius 2 is 1.65 bits per heavy atom. The summed E-state index contributed by atoms with van der Waals surface area (Å²) in [6.45, 7) is 14.3. The molecule has 0 heterocycles. The molecular formula is C23H38N2O7SSi. The average Bonchev–Trinajstić information content (AvgIpc) is 2.71. The number of rotatable bonds is 10. The molecule has 1 rings (SSSR count). The van der Waals surface area contributed by atoms with Gasteiger partial charge in [-0.3, -0.25) is 0 Å². The quantitative estimate of drug-likeness (QED) is 0.268. The van der Waals surface area contributed by atoms with Gasteiger partial charge in [-0.15, -0.1) is 0 Å². The van der Waals surface area contributed by atoms with E-state index in [0.29, 0.717) is 6.42 Å². The number of carbonyl (C=O) groups is 2. The first kappa shape index (κ1) is 29.7. The second kappa shape index (κ2) is 11.9. The first-order chi connectivity index (χ1) is 15.5. The van der Waals surface area contributed by atoms with Crippen molar-refractivity contribution in [1.82, 2.24) is 10.0 Å². The van der Waals surface area contributed by atoms with Gasteiger partial charge >= 0.3 is 12.2 Å². The normalized spacial score (nSPS) is 14.4. The van der Waals surface area contributed by atoms with E-state index in [1.165, 1.54) is 19.2 Å². The van der Waals surface area contributed by atoms with Crippen molar-refractivity contribution in [3.8, 4) is 0 Å². The number of methoxy groups -OCH3 is 1. The minimum atomic E-state index is -4.04. The van der Waals surface area contributed by atoms with E-state index >= 15 is 0 Å². The van der Waals surface area contributed by atoms with E-state index < -0.39 is 36.1 Å². The molecule has 0 aliphatic rings. The van der Waals surface area contributed by atoms with Crippen LogP contribution in [0.1, 0.15) is 39.7 Å². The molecule has 1 aromatic rings. The molecule has 11 heteroatoms. The third kappa shape index (κ3) is 9.47. The number of benzene rings is 1. The number of ether oxygens (including phenoxy) is 2. The molecule has 1 atom stereocenters. The van der Waals surface area contributed by atoms with E-state index in [-0.39, 0.29) is 23.1 Å². The second-order valence-corrected chi connectivity index (χ2v) is 16.4.